The Kier molecular flexibility index (Phi) is 7.35. The third-order valence-electron chi connectivity index (χ3n) is 6.38. The van der Waals surface area contributed by atoms with Crippen LogP contribution in [0.5, 0.6) is 0 Å². The molecule has 1 aliphatic carbocycles. The Labute approximate surface area is 212 Å². The van der Waals surface area contributed by atoms with E-state index in [0.29, 0.717) is 11.3 Å². The molecule has 8 nitrogen and oxygen atoms in total. The molecule has 1 atom stereocenters. The van der Waals surface area contributed by atoms with Gasteiger partial charge >= 0.3 is 0 Å². The summed E-state index contributed by atoms with van der Waals surface area (Å²) >= 11 is 0.746. The normalized spacial score (nSPS) is 14.4. The number of carbonyl (C=O) groups is 3. The molecule has 188 valence electrons. The second-order valence-electron chi connectivity index (χ2n) is 9.05. The Morgan fingerprint density at radius 2 is 1.78 bits per heavy atom. The van der Waals surface area contributed by atoms with Gasteiger partial charge in [-0.1, -0.05) is 42.7 Å². The molecule has 0 spiro atoms. The number of aromatic nitrogens is 1. The fourth-order valence-electron chi connectivity index (χ4n) is 4.59. The summed E-state index contributed by atoms with van der Waals surface area (Å²) in [5.74, 6) is -2.31. The number of aryl methyl sites for hydroxylation is 2. The van der Waals surface area contributed by atoms with Gasteiger partial charge in [0, 0.05) is 11.7 Å². The van der Waals surface area contributed by atoms with Gasteiger partial charge in [0.05, 0.1) is 5.69 Å². The summed E-state index contributed by atoms with van der Waals surface area (Å²) < 4.78 is 17.8. The predicted molar refractivity (Wildman–Crippen MR) is 137 cm³/mol. The molecule has 36 heavy (non-hydrogen) atoms. The summed E-state index contributed by atoms with van der Waals surface area (Å²) in [5.41, 5.74) is 13.8. The zero-order valence-corrected chi connectivity index (χ0v) is 20.9. The Balaban J connectivity index is 1.88. The van der Waals surface area contributed by atoms with E-state index in [2.05, 4.69) is 9.69 Å². The van der Waals surface area contributed by atoms with Crippen molar-refractivity contribution in [1.29, 1.82) is 0 Å². The minimum absolute atomic E-state index is 0.00791. The van der Waals surface area contributed by atoms with Crippen molar-refractivity contribution in [1.82, 2.24) is 9.69 Å². The van der Waals surface area contributed by atoms with Crippen molar-refractivity contribution < 1.29 is 18.8 Å². The maximum atomic E-state index is 14.1. The highest BCUT2D eigenvalue weighted by atomic mass is 32.1. The van der Waals surface area contributed by atoms with Crippen LogP contribution in [0.4, 0.5) is 15.8 Å². The SMILES string of the molecule is Cc1ccc(N(C(=O)c2snc(C(N)=O)c2N)C(C(=O)NC2CCCC2)c2ccc(F)cc2)c(C)c1. The molecule has 2 aromatic carbocycles. The molecular weight excluding hydrogens is 481 g/mol. The standard InChI is InChI=1S/C26H28FN5O3S/c1-14-7-12-19(15(2)13-14)32(26(35)23-20(28)21(24(29)33)31-36-23)22(16-8-10-17(27)11-9-16)25(34)30-18-5-3-4-6-18/h7-13,18,22H,3-6,28H2,1-2H3,(H2,29,33)(H,30,34). The van der Waals surface area contributed by atoms with Crippen LogP contribution in [0.15, 0.2) is 42.5 Å². The lowest BCUT2D eigenvalue weighted by molar-refractivity contribution is -0.123. The van der Waals surface area contributed by atoms with Gasteiger partial charge in [-0.2, -0.15) is 4.37 Å². The molecule has 0 radical (unpaired) electrons. The number of hydrogen-bond acceptors (Lipinski definition) is 6. The van der Waals surface area contributed by atoms with Crippen LogP contribution in [-0.4, -0.2) is 28.1 Å². The molecule has 1 fully saturated rings. The lowest BCUT2D eigenvalue weighted by atomic mass is 10.00. The largest absolute Gasteiger partial charge is 0.395 e. The number of primary amides is 1. The van der Waals surface area contributed by atoms with Crippen LogP contribution in [-0.2, 0) is 4.79 Å². The lowest BCUT2D eigenvalue weighted by Gasteiger charge is -2.33. The molecule has 5 N–H and O–H groups in total. The molecule has 0 saturated heterocycles. The zero-order valence-electron chi connectivity index (χ0n) is 20.1. The minimum atomic E-state index is -1.13. The van der Waals surface area contributed by atoms with Crippen LogP contribution in [0.3, 0.4) is 0 Å². The maximum Gasteiger partial charge on any atom is 0.273 e. The first kappa shape index (κ1) is 25.3. The van der Waals surface area contributed by atoms with Crippen molar-refractivity contribution in [3.8, 4) is 0 Å². The van der Waals surface area contributed by atoms with Crippen LogP contribution >= 0.6 is 11.5 Å². The first-order chi connectivity index (χ1) is 17.2. The fraction of sp³-hybridized carbons (Fsp3) is 0.308. The van der Waals surface area contributed by atoms with Gasteiger partial charge in [-0.3, -0.25) is 19.3 Å². The number of carbonyl (C=O) groups excluding carboxylic acids is 3. The average Bonchev–Trinajstić information content (AvgIpc) is 3.48. The second kappa shape index (κ2) is 10.4. The third kappa shape index (κ3) is 5.08. The lowest BCUT2D eigenvalue weighted by Crippen LogP contribution is -2.46. The average molecular weight is 510 g/mol. The number of nitrogen functional groups attached to an aromatic ring is 1. The first-order valence-electron chi connectivity index (χ1n) is 11.7. The van der Waals surface area contributed by atoms with Crippen LogP contribution in [0.1, 0.15) is 68.6 Å². The molecule has 3 aromatic rings. The van der Waals surface area contributed by atoms with E-state index in [4.69, 9.17) is 11.5 Å². The smallest absolute Gasteiger partial charge is 0.273 e. The van der Waals surface area contributed by atoms with E-state index in [-0.39, 0.29) is 28.2 Å². The minimum Gasteiger partial charge on any atom is -0.395 e. The monoisotopic (exact) mass is 509 g/mol. The maximum absolute atomic E-state index is 14.1. The highest BCUT2D eigenvalue weighted by Crippen LogP contribution is 2.35. The molecule has 1 unspecified atom stereocenters. The van der Waals surface area contributed by atoms with Gasteiger partial charge in [-0.05, 0) is 67.5 Å². The van der Waals surface area contributed by atoms with Crippen molar-refractivity contribution >= 4 is 40.6 Å². The molecular formula is C26H28FN5O3S. The van der Waals surface area contributed by atoms with E-state index in [1.165, 1.54) is 29.2 Å². The number of anilines is 2. The molecule has 4 rings (SSSR count). The summed E-state index contributed by atoms with van der Waals surface area (Å²) in [4.78, 5) is 40.9. The molecule has 3 amide bonds. The van der Waals surface area contributed by atoms with Crippen molar-refractivity contribution in [3.63, 3.8) is 0 Å². The highest BCUT2D eigenvalue weighted by molar-refractivity contribution is 7.09. The molecule has 0 bridgehead atoms. The van der Waals surface area contributed by atoms with Gasteiger partial charge in [0.25, 0.3) is 11.8 Å². The molecule has 1 aromatic heterocycles. The number of nitrogens with two attached hydrogens (primary N) is 2. The molecule has 10 heteroatoms. The van der Waals surface area contributed by atoms with Crippen molar-refractivity contribution in [3.05, 3.63) is 75.5 Å². The number of nitrogens with zero attached hydrogens (tertiary/aromatic N) is 2. The highest BCUT2D eigenvalue weighted by Gasteiger charge is 2.37. The van der Waals surface area contributed by atoms with Crippen LogP contribution in [0.2, 0.25) is 0 Å². The Morgan fingerprint density at radius 3 is 2.36 bits per heavy atom. The van der Waals surface area contributed by atoms with E-state index in [0.717, 1.165) is 48.3 Å². The van der Waals surface area contributed by atoms with Gasteiger partial charge in [0.2, 0.25) is 5.91 Å². The van der Waals surface area contributed by atoms with Gasteiger partial charge in [-0.15, -0.1) is 0 Å². The number of benzene rings is 2. The summed E-state index contributed by atoms with van der Waals surface area (Å²) in [7, 11) is 0. The number of hydrogen-bond donors (Lipinski definition) is 3. The van der Waals surface area contributed by atoms with E-state index < -0.39 is 23.7 Å². The fourth-order valence-corrected chi connectivity index (χ4v) is 5.34. The van der Waals surface area contributed by atoms with Gasteiger partial charge < -0.3 is 16.8 Å². The number of rotatable bonds is 7. The summed E-state index contributed by atoms with van der Waals surface area (Å²) in [6.07, 6.45) is 3.73. The third-order valence-corrected chi connectivity index (χ3v) is 7.23. The van der Waals surface area contributed by atoms with Crippen LogP contribution in [0, 0.1) is 19.7 Å². The van der Waals surface area contributed by atoms with Crippen molar-refractivity contribution in [2.45, 2.75) is 51.6 Å². The quantitative estimate of drug-likeness (QED) is 0.443. The number of halogens is 1. The van der Waals surface area contributed by atoms with Gasteiger partial charge in [-0.25, -0.2) is 4.39 Å². The van der Waals surface area contributed by atoms with E-state index in [1.807, 2.05) is 26.0 Å². The Hall–Kier alpha value is -3.79. The zero-order chi connectivity index (χ0) is 26.0. The first-order valence-corrected chi connectivity index (χ1v) is 12.5. The summed E-state index contributed by atoms with van der Waals surface area (Å²) in [6, 6.07) is 9.84. The van der Waals surface area contributed by atoms with Crippen molar-refractivity contribution in [2.75, 3.05) is 10.6 Å². The van der Waals surface area contributed by atoms with Gasteiger partial charge in [0.15, 0.2) is 5.69 Å². The number of amides is 3. The Morgan fingerprint density at radius 1 is 1.11 bits per heavy atom. The van der Waals surface area contributed by atoms with Gasteiger partial charge in [0.1, 0.15) is 16.7 Å². The van der Waals surface area contributed by atoms with Crippen LogP contribution in [0.25, 0.3) is 0 Å². The molecule has 0 aliphatic heterocycles. The molecule has 1 saturated carbocycles. The van der Waals surface area contributed by atoms with E-state index in [1.54, 1.807) is 6.07 Å². The van der Waals surface area contributed by atoms with Crippen LogP contribution < -0.4 is 21.7 Å². The molecule has 1 heterocycles. The van der Waals surface area contributed by atoms with E-state index in [9.17, 15) is 18.8 Å². The Bertz CT molecular complexity index is 1300. The summed E-state index contributed by atoms with van der Waals surface area (Å²) in [6.45, 7) is 3.76. The molecule has 1 aliphatic rings. The second-order valence-corrected chi connectivity index (χ2v) is 9.82. The summed E-state index contributed by atoms with van der Waals surface area (Å²) in [5, 5.41) is 3.07. The van der Waals surface area contributed by atoms with E-state index >= 15 is 0 Å². The number of nitrogens with one attached hydrogen (secondary N) is 1. The predicted octanol–water partition coefficient (Wildman–Crippen LogP) is 4.03. The topological polar surface area (TPSA) is 131 Å². The van der Waals surface area contributed by atoms with Crippen molar-refractivity contribution in [2.24, 2.45) is 5.73 Å².